The first kappa shape index (κ1) is 34.1. The first-order valence-electron chi connectivity index (χ1n) is 14.4. The van der Waals surface area contributed by atoms with Gasteiger partial charge in [-0.2, -0.15) is 16.8 Å². The molecular formula is C30H32Cl2N4O8S2. The highest BCUT2D eigenvalue weighted by molar-refractivity contribution is 7.86. The van der Waals surface area contributed by atoms with Crippen molar-refractivity contribution in [1.82, 2.24) is 15.2 Å². The zero-order valence-electron chi connectivity index (χ0n) is 24.4. The molecule has 3 N–H and O–H groups in total. The van der Waals surface area contributed by atoms with Crippen molar-refractivity contribution in [2.45, 2.75) is 35.1 Å². The van der Waals surface area contributed by atoms with E-state index < -0.39 is 30.0 Å². The number of rotatable bonds is 8. The Morgan fingerprint density at radius 1 is 0.891 bits per heavy atom. The van der Waals surface area contributed by atoms with Crippen LogP contribution in [0.4, 0.5) is 5.69 Å². The minimum Gasteiger partial charge on any atom is -0.441 e. The van der Waals surface area contributed by atoms with Gasteiger partial charge in [0, 0.05) is 43.0 Å². The van der Waals surface area contributed by atoms with E-state index in [-0.39, 0.29) is 28.6 Å². The van der Waals surface area contributed by atoms with E-state index in [0.717, 1.165) is 63.4 Å². The van der Waals surface area contributed by atoms with E-state index in [1.165, 1.54) is 43.1 Å². The quantitative estimate of drug-likeness (QED) is 0.210. The Labute approximate surface area is 276 Å². The number of halogens is 2. The van der Waals surface area contributed by atoms with Crippen LogP contribution in [0.3, 0.4) is 0 Å². The summed E-state index contributed by atoms with van der Waals surface area (Å²) in [5.74, 6) is 0.598. The van der Waals surface area contributed by atoms with Crippen molar-refractivity contribution in [3.8, 4) is 0 Å². The Hall–Kier alpha value is -3.24. The highest BCUT2D eigenvalue weighted by atomic mass is 35.5. The van der Waals surface area contributed by atoms with Crippen LogP contribution >= 0.6 is 23.2 Å². The molecule has 16 heteroatoms. The first-order valence-corrected chi connectivity index (χ1v) is 18.0. The van der Waals surface area contributed by atoms with E-state index in [4.69, 9.17) is 36.7 Å². The van der Waals surface area contributed by atoms with E-state index in [1.807, 2.05) is 18.2 Å². The number of nitrogens with one attached hydrogen (secondary N) is 1. The lowest BCUT2D eigenvalue weighted by molar-refractivity contribution is 0.0842. The van der Waals surface area contributed by atoms with Gasteiger partial charge in [0.1, 0.15) is 16.1 Å². The molecule has 4 aromatic rings. The fourth-order valence-corrected chi connectivity index (χ4v) is 7.52. The van der Waals surface area contributed by atoms with Crippen LogP contribution in [-0.4, -0.2) is 80.5 Å². The Bertz CT molecular complexity index is 1840. The lowest BCUT2D eigenvalue weighted by Gasteiger charge is -2.39. The number of anilines is 1. The lowest BCUT2D eigenvalue weighted by atomic mass is 9.78. The van der Waals surface area contributed by atoms with E-state index >= 15 is 0 Å². The average molecular weight is 712 g/mol. The highest BCUT2D eigenvalue weighted by Gasteiger charge is 2.31. The zero-order valence-corrected chi connectivity index (χ0v) is 27.6. The number of oxazole rings is 1. The number of benzene rings is 3. The molecule has 2 fully saturated rings. The van der Waals surface area contributed by atoms with Crippen LogP contribution in [0.1, 0.15) is 29.9 Å². The average Bonchev–Trinajstić information content (AvgIpc) is 3.54. The van der Waals surface area contributed by atoms with Crippen LogP contribution < -0.4 is 10.2 Å². The van der Waals surface area contributed by atoms with Crippen LogP contribution in [0.5, 0.6) is 0 Å². The third kappa shape index (κ3) is 8.18. The molecule has 0 atom stereocenters. The lowest BCUT2D eigenvalue weighted by Crippen LogP contribution is -2.48. The number of carbonyl (C=O) groups excluding carboxylic acids is 1. The molecule has 1 aliphatic heterocycles. The van der Waals surface area contributed by atoms with E-state index in [2.05, 4.69) is 20.1 Å². The van der Waals surface area contributed by atoms with Gasteiger partial charge in [0.2, 0.25) is 0 Å². The van der Waals surface area contributed by atoms with Gasteiger partial charge < -0.3 is 14.6 Å². The minimum absolute atomic E-state index is 0.0233. The number of nitrogens with zero attached hydrogens (tertiary/aromatic N) is 3. The summed E-state index contributed by atoms with van der Waals surface area (Å²) in [6.45, 7) is 5.07. The predicted molar refractivity (Wildman–Crippen MR) is 174 cm³/mol. The van der Waals surface area contributed by atoms with Gasteiger partial charge in [-0.05, 0) is 56.0 Å². The highest BCUT2D eigenvalue weighted by Crippen LogP contribution is 2.34. The van der Waals surface area contributed by atoms with Crippen LogP contribution in [0, 0.1) is 5.92 Å². The second-order valence-electron chi connectivity index (χ2n) is 11.1. The summed E-state index contributed by atoms with van der Waals surface area (Å²) in [6, 6.07) is 13.6. The summed E-state index contributed by atoms with van der Waals surface area (Å²) < 4.78 is 67.7. The number of amides is 1. The fourth-order valence-electron chi connectivity index (χ4n) is 5.69. The first-order chi connectivity index (χ1) is 21.8. The molecular weight excluding hydrogens is 679 g/mol. The van der Waals surface area contributed by atoms with E-state index in [9.17, 15) is 21.6 Å². The molecule has 2 aliphatic rings. The van der Waals surface area contributed by atoms with Crippen molar-refractivity contribution in [3.05, 3.63) is 83.0 Å². The van der Waals surface area contributed by atoms with E-state index in [0.29, 0.717) is 16.0 Å². The Kier molecular flexibility index (Phi) is 10.6. The van der Waals surface area contributed by atoms with Gasteiger partial charge >= 0.3 is 5.91 Å². The maximum absolute atomic E-state index is 11.9. The third-order valence-corrected chi connectivity index (χ3v) is 10.7. The Balaban J connectivity index is 0.000000200. The van der Waals surface area contributed by atoms with Gasteiger partial charge in [-0.25, -0.2) is 4.98 Å². The van der Waals surface area contributed by atoms with Gasteiger partial charge in [0.05, 0.1) is 21.9 Å². The third-order valence-electron chi connectivity index (χ3n) is 8.09. The molecule has 246 valence electrons. The van der Waals surface area contributed by atoms with Crippen LogP contribution in [0.15, 0.2) is 81.3 Å². The second kappa shape index (κ2) is 14.3. The van der Waals surface area contributed by atoms with Gasteiger partial charge in [-0.15, -0.1) is 0 Å². The molecule has 1 saturated heterocycles. The number of fused-ring (bicyclic) bond motifs is 1. The molecule has 0 spiro atoms. The molecule has 46 heavy (non-hydrogen) atoms. The monoisotopic (exact) mass is 710 g/mol. The van der Waals surface area contributed by atoms with Crippen molar-refractivity contribution in [3.63, 3.8) is 0 Å². The minimum atomic E-state index is -4.47. The predicted octanol–water partition coefficient (Wildman–Crippen LogP) is 5.04. The normalized spacial score (nSPS) is 18.8. The molecule has 2 heterocycles. The second-order valence-corrected chi connectivity index (χ2v) is 14.7. The van der Waals surface area contributed by atoms with Gasteiger partial charge in [0.25, 0.3) is 26.1 Å². The van der Waals surface area contributed by atoms with Gasteiger partial charge in [-0.3, -0.25) is 18.8 Å². The maximum Gasteiger partial charge on any atom is 0.307 e. The number of aromatic nitrogens is 1. The van der Waals surface area contributed by atoms with Crippen LogP contribution in [0.25, 0.3) is 10.8 Å². The number of carbonyl (C=O) groups is 1. The molecule has 0 unspecified atom stereocenters. The van der Waals surface area contributed by atoms with Crippen LogP contribution in [-0.2, 0) is 20.2 Å². The van der Waals surface area contributed by atoms with Gasteiger partial charge in [0.15, 0.2) is 0 Å². The number of hydrogen-bond acceptors (Lipinski definition) is 9. The zero-order chi connectivity index (χ0) is 33.1. The van der Waals surface area contributed by atoms with Crippen molar-refractivity contribution in [1.29, 1.82) is 0 Å². The molecule has 1 aliphatic carbocycles. The Morgan fingerprint density at radius 2 is 1.48 bits per heavy atom. The summed E-state index contributed by atoms with van der Waals surface area (Å²) in [4.78, 5) is 19.8. The maximum atomic E-state index is 11.9. The molecule has 3 aromatic carbocycles. The standard InChI is InChI=1S/C20H24Cl2N4O2.C10H8O6S2/c21-16-2-1-3-17(18(16)22)26-9-7-25(8-10-26)6-4-14-12-15(13-14)24-19(27)20-23-5-11-28-20;11-17(12,13)9-5-1-3-7-8(9)4-2-6-10(7)18(14,15)16/h1-3,5,11,14-15H,4,6-10,12-13H2,(H,24,27);1-6H,(H,11,12,13)(H,14,15,16). The topological polar surface area (TPSA) is 170 Å². The molecule has 0 radical (unpaired) electrons. The van der Waals surface area contributed by atoms with Gasteiger partial charge in [-0.1, -0.05) is 53.5 Å². The largest absolute Gasteiger partial charge is 0.441 e. The SMILES string of the molecule is O=C(NC1CC(CCN2CCN(c3cccc(Cl)c3Cl)CC2)C1)c1ncco1.O=S(=O)(O)c1cccc2c(S(=O)(=O)O)cccc12. The van der Waals surface area contributed by atoms with Crippen molar-refractivity contribution in [2.75, 3.05) is 37.6 Å². The fraction of sp³-hybridized carbons (Fsp3) is 0.333. The molecule has 0 bridgehead atoms. The molecule has 1 aromatic heterocycles. The van der Waals surface area contributed by atoms with Crippen molar-refractivity contribution < 1.29 is 35.2 Å². The van der Waals surface area contributed by atoms with Crippen molar-refractivity contribution >= 4 is 65.8 Å². The smallest absolute Gasteiger partial charge is 0.307 e. The summed E-state index contributed by atoms with van der Waals surface area (Å²) in [5, 5.41) is 4.28. The summed E-state index contributed by atoms with van der Waals surface area (Å²) >= 11 is 12.5. The molecule has 1 saturated carbocycles. The number of hydrogen-bond donors (Lipinski definition) is 3. The molecule has 1 amide bonds. The molecule has 6 rings (SSSR count). The molecule has 12 nitrogen and oxygen atoms in total. The van der Waals surface area contributed by atoms with Crippen LogP contribution in [0.2, 0.25) is 10.0 Å². The summed E-state index contributed by atoms with van der Waals surface area (Å²) in [5.41, 5.74) is 1.03. The summed E-state index contributed by atoms with van der Waals surface area (Å²) in [6.07, 6.45) is 6.13. The number of piperazine rings is 1. The van der Waals surface area contributed by atoms with E-state index in [1.54, 1.807) is 0 Å². The van der Waals surface area contributed by atoms with Crippen molar-refractivity contribution in [2.24, 2.45) is 5.92 Å². The summed E-state index contributed by atoms with van der Waals surface area (Å²) in [7, 11) is -8.94. The Morgan fingerprint density at radius 3 is 2.02 bits per heavy atom.